The minimum atomic E-state index is -0.251. The van der Waals surface area contributed by atoms with Gasteiger partial charge in [0.25, 0.3) is 0 Å². The predicted octanol–water partition coefficient (Wildman–Crippen LogP) is 2.41. The van der Waals surface area contributed by atoms with Gasteiger partial charge in [-0.3, -0.25) is 0 Å². The number of hydrogen-bond donors (Lipinski definition) is 2. The molecule has 0 fully saturated rings. The van der Waals surface area contributed by atoms with Crippen LogP contribution in [0.4, 0.5) is 4.39 Å². The van der Waals surface area contributed by atoms with Gasteiger partial charge in [0, 0.05) is 23.7 Å². The van der Waals surface area contributed by atoms with Gasteiger partial charge in [-0.2, -0.15) is 0 Å². The lowest BCUT2D eigenvalue weighted by molar-refractivity contribution is 0.628. The Bertz CT molecular complexity index is 517. The Morgan fingerprint density at radius 3 is 2.88 bits per heavy atom. The number of aromatic amines is 1. The van der Waals surface area contributed by atoms with Crippen molar-refractivity contribution in [3.8, 4) is 11.3 Å². The van der Waals surface area contributed by atoms with Gasteiger partial charge < -0.3 is 10.7 Å². The molecule has 0 saturated carbocycles. The summed E-state index contributed by atoms with van der Waals surface area (Å²) in [6, 6.07) is 6.50. The Morgan fingerprint density at radius 1 is 1.47 bits per heavy atom. The largest absolute Gasteiger partial charge is 0.346 e. The first kappa shape index (κ1) is 11.8. The molecular weight excluding hydrogens is 217 g/mol. The third kappa shape index (κ3) is 2.71. The molecule has 3 N–H and O–H groups in total. The van der Waals surface area contributed by atoms with Crippen LogP contribution in [-0.2, 0) is 6.42 Å². The fourth-order valence-corrected chi connectivity index (χ4v) is 1.84. The first-order valence-electron chi connectivity index (χ1n) is 5.63. The van der Waals surface area contributed by atoms with E-state index in [1.807, 2.05) is 19.9 Å². The second-order valence-electron chi connectivity index (χ2n) is 4.35. The summed E-state index contributed by atoms with van der Waals surface area (Å²) in [5, 5.41) is 0. The number of nitrogens with zero attached hydrogens (tertiary/aromatic N) is 1. The lowest BCUT2D eigenvalue weighted by Crippen LogP contribution is -2.18. The number of aryl methyl sites for hydroxylation is 1. The number of rotatable bonds is 3. The number of imidazole rings is 1. The maximum atomic E-state index is 13.1. The van der Waals surface area contributed by atoms with Gasteiger partial charge in [-0.15, -0.1) is 0 Å². The molecule has 1 heterocycles. The van der Waals surface area contributed by atoms with Crippen molar-refractivity contribution < 1.29 is 4.39 Å². The van der Waals surface area contributed by atoms with Crippen molar-refractivity contribution in [2.24, 2.45) is 5.73 Å². The zero-order chi connectivity index (χ0) is 12.4. The van der Waals surface area contributed by atoms with Gasteiger partial charge in [-0.25, -0.2) is 9.37 Å². The first-order valence-corrected chi connectivity index (χ1v) is 5.63. The molecule has 1 atom stereocenters. The van der Waals surface area contributed by atoms with Crippen LogP contribution in [0.3, 0.4) is 0 Å². The number of benzene rings is 1. The molecule has 1 unspecified atom stereocenters. The summed E-state index contributed by atoms with van der Waals surface area (Å²) in [6.45, 7) is 3.86. The van der Waals surface area contributed by atoms with E-state index in [0.717, 1.165) is 22.8 Å². The Kier molecular flexibility index (Phi) is 3.24. The van der Waals surface area contributed by atoms with Crippen LogP contribution in [0, 0.1) is 12.7 Å². The summed E-state index contributed by atoms with van der Waals surface area (Å²) < 4.78 is 13.1. The second-order valence-corrected chi connectivity index (χ2v) is 4.35. The standard InChI is InChI=1S/C13H16FN3/c1-8(15)6-12-16-9(2)13(17-12)10-4-3-5-11(14)7-10/h3-5,7-8H,6,15H2,1-2H3,(H,16,17). The molecule has 0 amide bonds. The van der Waals surface area contributed by atoms with Crippen molar-refractivity contribution in [2.45, 2.75) is 26.3 Å². The van der Waals surface area contributed by atoms with Crippen molar-refractivity contribution in [3.63, 3.8) is 0 Å². The first-order chi connectivity index (χ1) is 8.06. The number of halogens is 1. The van der Waals surface area contributed by atoms with Gasteiger partial charge in [0.2, 0.25) is 0 Å². The molecular formula is C13H16FN3. The van der Waals surface area contributed by atoms with Gasteiger partial charge in [-0.05, 0) is 26.0 Å². The van der Waals surface area contributed by atoms with E-state index >= 15 is 0 Å². The molecule has 0 saturated heterocycles. The van der Waals surface area contributed by atoms with Gasteiger partial charge in [0.05, 0.1) is 5.69 Å². The highest BCUT2D eigenvalue weighted by molar-refractivity contribution is 5.61. The number of aromatic nitrogens is 2. The fourth-order valence-electron chi connectivity index (χ4n) is 1.84. The average Bonchev–Trinajstić information content (AvgIpc) is 2.58. The SMILES string of the molecule is Cc1[nH]c(CC(C)N)nc1-c1cccc(F)c1. The van der Waals surface area contributed by atoms with E-state index in [2.05, 4.69) is 9.97 Å². The van der Waals surface area contributed by atoms with Crippen molar-refractivity contribution in [1.29, 1.82) is 0 Å². The third-order valence-electron chi connectivity index (χ3n) is 2.55. The van der Waals surface area contributed by atoms with E-state index in [1.165, 1.54) is 12.1 Å². The van der Waals surface area contributed by atoms with E-state index in [-0.39, 0.29) is 11.9 Å². The molecule has 0 aliphatic rings. The third-order valence-corrected chi connectivity index (χ3v) is 2.55. The lowest BCUT2D eigenvalue weighted by atomic mass is 10.1. The van der Waals surface area contributed by atoms with Gasteiger partial charge in [-0.1, -0.05) is 12.1 Å². The van der Waals surface area contributed by atoms with Crippen LogP contribution < -0.4 is 5.73 Å². The van der Waals surface area contributed by atoms with Crippen molar-refractivity contribution in [3.05, 3.63) is 41.6 Å². The number of nitrogens with two attached hydrogens (primary N) is 1. The smallest absolute Gasteiger partial charge is 0.123 e. The van der Waals surface area contributed by atoms with Crippen LogP contribution in [0.25, 0.3) is 11.3 Å². The molecule has 0 aliphatic heterocycles. The number of hydrogen-bond acceptors (Lipinski definition) is 2. The molecule has 3 nitrogen and oxygen atoms in total. The number of H-pyrrole nitrogens is 1. The summed E-state index contributed by atoms with van der Waals surface area (Å²) >= 11 is 0. The lowest BCUT2D eigenvalue weighted by Gasteiger charge is -2.00. The predicted molar refractivity (Wildman–Crippen MR) is 66.1 cm³/mol. The van der Waals surface area contributed by atoms with Gasteiger partial charge in [0.1, 0.15) is 11.6 Å². The molecule has 0 bridgehead atoms. The van der Waals surface area contributed by atoms with Gasteiger partial charge in [0.15, 0.2) is 0 Å². The average molecular weight is 233 g/mol. The topological polar surface area (TPSA) is 54.7 Å². The summed E-state index contributed by atoms with van der Waals surface area (Å²) in [7, 11) is 0. The van der Waals surface area contributed by atoms with E-state index in [9.17, 15) is 4.39 Å². The molecule has 1 aromatic carbocycles. The van der Waals surface area contributed by atoms with Gasteiger partial charge >= 0.3 is 0 Å². The normalized spacial score (nSPS) is 12.7. The molecule has 90 valence electrons. The second kappa shape index (κ2) is 4.67. The Morgan fingerprint density at radius 2 is 2.24 bits per heavy atom. The minimum Gasteiger partial charge on any atom is -0.346 e. The minimum absolute atomic E-state index is 0.0564. The maximum Gasteiger partial charge on any atom is 0.123 e. The molecule has 2 rings (SSSR count). The highest BCUT2D eigenvalue weighted by atomic mass is 19.1. The zero-order valence-corrected chi connectivity index (χ0v) is 10.00. The van der Waals surface area contributed by atoms with Crippen LogP contribution in [0.1, 0.15) is 18.4 Å². The molecule has 0 radical (unpaired) electrons. The van der Waals surface area contributed by atoms with Crippen molar-refractivity contribution in [2.75, 3.05) is 0 Å². The maximum absolute atomic E-state index is 13.1. The van der Waals surface area contributed by atoms with Crippen LogP contribution in [-0.4, -0.2) is 16.0 Å². The molecule has 17 heavy (non-hydrogen) atoms. The number of nitrogens with one attached hydrogen (secondary N) is 1. The highest BCUT2D eigenvalue weighted by Crippen LogP contribution is 2.22. The van der Waals surface area contributed by atoms with E-state index in [1.54, 1.807) is 6.07 Å². The Hall–Kier alpha value is -1.68. The molecule has 2 aromatic rings. The molecule has 4 heteroatoms. The summed E-state index contributed by atoms with van der Waals surface area (Å²) in [5.41, 5.74) is 8.24. The Labute approximate surface area is 99.9 Å². The van der Waals surface area contributed by atoms with E-state index in [4.69, 9.17) is 5.73 Å². The summed E-state index contributed by atoms with van der Waals surface area (Å²) in [4.78, 5) is 7.64. The monoisotopic (exact) mass is 233 g/mol. The quantitative estimate of drug-likeness (QED) is 0.855. The van der Waals surface area contributed by atoms with Crippen LogP contribution in [0.15, 0.2) is 24.3 Å². The van der Waals surface area contributed by atoms with Crippen LogP contribution >= 0.6 is 0 Å². The van der Waals surface area contributed by atoms with Crippen molar-refractivity contribution in [1.82, 2.24) is 9.97 Å². The van der Waals surface area contributed by atoms with Crippen LogP contribution in [0.5, 0.6) is 0 Å². The van der Waals surface area contributed by atoms with Crippen LogP contribution in [0.2, 0.25) is 0 Å². The summed E-state index contributed by atoms with van der Waals surface area (Å²) in [6.07, 6.45) is 0.691. The highest BCUT2D eigenvalue weighted by Gasteiger charge is 2.10. The zero-order valence-electron chi connectivity index (χ0n) is 10.00. The van der Waals surface area contributed by atoms with E-state index < -0.39 is 0 Å². The molecule has 1 aromatic heterocycles. The Balaban J connectivity index is 2.36. The summed E-state index contributed by atoms with van der Waals surface area (Å²) in [5.74, 6) is 0.593. The van der Waals surface area contributed by atoms with Crippen molar-refractivity contribution >= 4 is 0 Å². The van der Waals surface area contributed by atoms with E-state index in [0.29, 0.717) is 6.42 Å². The molecule has 0 aliphatic carbocycles. The molecule has 0 spiro atoms. The fraction of sp³-hybridized carbons (Fsp3) is 0.308.